The van der Waals surface area contributed by atoms with Gasteiger partial charge in [0.25, 0.3) is 0 Å². The first-order valence-electron chi connectivity index (χ1n) is 4.92. The average Bonchev–Trinajstić information content (AvgIpc) is 2.52. The van der Waals surface area contributed by atoms with Crippen LogP contribution in [0, 0.1) is 0 Å². The minimum absolute atomic E-state index is 0.107. The van der Waals surface area contributed by atoms with Gasteiger partial charge in [0, 0.05) is 26.1 Å². The maximum atomic E-state index is 10.4. The van der Waals surface area contributed by atoms with Crippen LogP contribution in [0.2, 0.25) is 0 Å². The molecular weight excluding hydrogens is 180 g/mol. The monoisotopic (exact) mass is 196 g/mol. The Morgan fingerprint density at radius 2 is 2.50 bits per heavy atom. The Morgan fingerprint density at radius 3 is 3.07 bits per heavy atom. The Bertz CT molecular complexity index is 324. The number of imidazole rings is 1. The van der Waals surface area contributed by atoms with Crippen molar-refractivity contribution in [1.82, 2.24) is 9.55 Å². The largest absolute Gasteiger partial charge is 0.383 e. The number of hydrogen-bond donors (Lipinski definition) is 1. The van der Waals surface area contributed by atoms with Crippen LogP contribution in [0.15, 0.2) is 12.5 Å². The molecule has 4 heteroatoms. The van der Waals surface area contributed by atoms with Crippen molar-refractivity contribution in [1.29, 1.82) is 0 Å². The quantitative estimate of drug-likeness (QED) is 0.723. The van der Waals surface area contributed by atoms with Crippen molar-refractivity contribution >= 4 is 0 Å². The van der Waals surface area contributed by atoms with Gasteiger partial charge in [-0.3, -0.25) is 0 Å². The molecule has 1 aromatic rings. The zero-order chi connectivity index (χ0) is 10.2. The van der Waals surface area contributed by atoms with Gasteiger partial charge in [-0.1, -0.05) is 0 Å². The molecule has 0 aliphatic carbocycles. The van der Waals surface area contributed by atoms with Gasteiger partial charge in [-0.15, -0.1) is 0 Å². The van der Waals surface area contributed by atoms with Gasteiger partial charge in [-0.2, -0.15) is 0 Å². The number of nitrogens with zero attached hydrogens (tertiary/aromatic N) is 2. The van der Waals surface area contributed by atoms with E-state index in [4.69, 9.17) is 4.74 Å². The first-order valence-corrected chi connectivity index (χ1v) is 4.92. The lowest BCUT2D eigenvalue weighted by Gasteiger charge is -2.34. The van der Waals surface area contributed by atoms with E-state index in [0.29, 0.717) is 19.4 Å². The molecule has 2 rings (SSSR count). The van der Waals surface area contributed by atoms with Crippen molar-refractivity contribution in [2.45, 2.75) is 31.5 Å². The average molecular weight is 196 g/mol. The van der Waals surface area contributed by atoms with E-state index >= 15 is 0 Å². The van der Waals surface area contributed by atoms with Gasteiger partial charge in [0.1, 0.15) is 5.60 Å². The van der Waals surface area contributed by atoms with E-state index in [1.54, 1.807) is 6.33 Å². The molecule has 0 spiro atoms. The highest BCUT2D eigenvalue weighted by Crippen LogP contribution is 2.33. The molecule has 1 aliphatic heterocycles. The van der Waals surface area contributed by atoms with Crippen molar-refractivity contribution in [3.8, 4) is 0 Å². The number of aliphatic hydroxyl groups is 1. The predicted octanol–water partition coefficient (Wildman–Crippen LogP) is 0.807. The van der Waals surface area contributed by atoms with Crippen LogP contribution in [-0.4, -0.2) is 27.4 Å². The standard InChI is InChI=1S/C10H16N2O2/c1-8-5-10(13,3-4-14-8)9-6-12(2)7-11-9/h6-8,13H,3-5H2,1-2H3. The Labute approximate surface area is 83.5 Å². The van der Waals surface area contributed by atoms with Crippen LogP contribution in [0.25, 0.3) is 0 Å². The summed E-state index contributed by atoms with van der Waals surface area (Å²) in [5, 5.41) is 10.4. The molecule has 4 nitrogen and oxygen atoms in total. The molecule has 1 fully saturated rings. The highest BCUT2D eigenvalue weighted by Gasteiger charge is 2.36. The van der Waals surface area contributed by atoms with Gasteiger partial charge in [0.2, 0.25) is 0 Å². The molecule has 2 atom stereocenters. The molecule has 0 aromatic carbocycles. The van der Waals surface area contributed by atoms with Gasteiger partial charge in [0.15, 0.2) is 0 Å². The molecule has 1 aliphatic rings. The Kier molecular flexibility index (Phi) is 2.33. The Balaban J connectivity index is 2.22. The van der Waals surface area contributed by atoms with Crippen LogP contribution >= 0.6 is 0 Å². The van der Waals surface area contributed by atoms with E-state index in [9.17, 15) is 5.11 Å². The lowest BCUT2D eigenvalue weighted by atomic mass is 9.88. The van der Waals surface area contributed by atoms with Crippen molar-refractivity contribution in [2.24, 2.45) is 7.05 Å². The molecular formula is C10H16N2O2. The third kappa shape index (κ3) is 1.67. The summed E-state index contributed by atoms with van der Waals surface area (Å²) in [6.07, 6.45) is 4.96. The fraction of sp³-hybridized carbons (Fsp3) is 0.700. The Morgan fingerprint density at radius 1 is 1.71 bits per heavy atom. The van der Waals surface area contributed by atoms with Crippen molar-refractivity contribution in [2.75, 3.05) is 6.61 Å². The fourth-order valence-corrected chi connectivity index (χ4v) is 1.95. The lowest BCUT2D eigenvalue weighted by Crippen LogP contribution is -2.37. The molecule has 2 heterocycles. The highest BCUT2D eigenvalue weighted by atomic mass is 16.5. The molecule has 2 unspecified atom stereocenters. The first kappa shape index (κ1) is 9.68. The number of aryl methyl sites for hydroxylation is 1. The van der Waals surface area contributed by atoms with Crippen LogP contribution < -0.4 is 0 Å². The maximum absolute atomic E-state index is 10.4. The molecule has 1 N–H and O–H groups in total. The van der Waals surface area contributed by atoms with Crippen molar-refractivity contribution < 1.29 is 9.84 Å². The SMILES string of the molecule is CC1CC(O)(c2cn(C)cn2)CCO1. The van der Waals surface area contributed by atoms with Crippen LogP contribution in [0.4, 0.5) is 0 Å². The third-order valence-corrected chi connectivity index (χ3v) is 2.72. The summed E-state index contributed by atoms with van der Waals surface area (Å²) < 4.78 is 7.26. The molecule has 0 amide bonds. The fourth-order valence-electron chi connectivity index (χ4n) is 1.95. The number of ether oxygens (including phenoxy) is 1. The zero-order valence-corrected chi connectivity index (χ0v) is 8.60. The van der Waals surface area contributed by atoms with Crippen LogP contribution in [0.1, 0.15) is 25.5 Å². The predicted molar refractivity (Wildman–Crippen MR) is 51.8 cm³/mol. The smallest absolute Gasteiger partial charge is 0.113 e. The van der Waals surface area contributed by atoms with E-state index in [1.807, 2.05) is 24.7 Å². The summed E-state index contributed by atoms with van der Waals surface area (Å²) in [5.41, 5.74) is -0.0333. The number of hydrogen-bond acceptors (Lipinski definition) is 3. The molecule has 14 heavy (non-hydrogen) atoms. The van der Waals surface area contributed by atoms with E-state index in [0.717, 1.165) is 5.69 Å². The van der Waals surface area contributed by atoms with Crippen LogP contribution in [0.3, 0.4) is 0 Å². The molecule has 0 saturated carbocycles. The molecule has 1 saturated heterocycles. The summed E-state index contributed by atoms with van der Waals surface area (Å²) in [6, 6.07) is 0. The van der Waals surface area contributed by atoms with E-state index in [-0.39, 0.29) is 6.10 Å². The van der Waals surface area contributed by atoms with E-state index in [2.05, 4.69) is 4.98 Å². The molecule has 78 valence electrons. The second kappa shape index (κ2) is 3.37. The second-order valence-electron chi connectivity index (χ2n) is 4.09. The first-order chi connectivity index (χ1) is 6.60. The topological polar surface area (TPSA) is 47.3 Å². The second-order valence-corrected chi connectivity index (χ2v) is 4.09. The van der Waals surface area contributed by atoms with Gasteiger partial charge >= 0.3 is 0 Å². The van der Waals surface area contributed by atoms with Gasteiger partial charge in [0.05, 0.1) is 24.7 Å². The molecule has 1 aromatic heterocycles. The van der Waals surface area contributed by atoms with E-state index < -0.39 is 5.60 Å². The summed E-state index contributed by atoms with van der Waals surface area (Å²) in [6.45, 7) is 2.58. The molecule has 0 bridgehead atoms. The van der Waals surface area contributed by atoms with Gasteiger partial charge in [-0.05, 0) is 6.92 Å². The van der Waals surface area contributed by atoms with Gasteiger partial charge in [-0.25, -0.2) is 4.98 Å². The maximum Gasteiger partial charge on any atom is 0.113 e. The summed E-state index contributed by atoms with van der Waals surface area (Å²) in [7, 11) is 1.91. The van der Waals surface area contributed by atoms with Gasteiger partial charge < -0.3 is 14.4 Å². The summed E-state index contributed by atoms with van der Waals surface area (Å²) >= 11 is 0. The number of rotatable bonds is 1. The minimum Gasteiger partial charge on any atom is -0.383 e. The van der Waals surface area contributed by atoms with Crippen LogP contribution in [-0.2, 0) is 17.4 Å². The highest BCUT2D eigenvalue weighted by molar-refractivity contribution is 5.10. The zero-order valence-electron chi connectivity index (χ0n) is 8.60. The lowest BCUT2D eigenvalue weighted by molar-refractivity contribution is -0.103. The van der Waals surface area contributed by atoms with E-state index in [1.165, 1.54) is 0 Å². The minimum atomic E-state index is -0.793. The van der Waals surface area contributed by atoms with Crippen molar-refractivity contribution in [3.05, 3.63) is 18.2 Å². The van der Waals surface area contributed by atoms with Crippen LogP contribution in [0.5, 0.6) is 0 Å². The Hall–Kier alpha value is -0.870. The normalized spacial score (nSPS) is 33.2. The summed E-state index contributed by atoms with van der Waals surface area (Å²) in [5.74, 6) is 0. The third-order valence-electron chi connectivity index (χ3n) is 2.72. The molecule has 0 radical (unpaired) electrons. The number of aromatic nitrogens is 2. The summed E-state index contributed by atoms with van der Waals surface area (Å²) in [4.78, 5) is 4.20. The van der Waals surface area contributed by atoms with Crippen molar-refractivity contribution in [3.63, 3.8) is 0 Å².